The normalized spacial score (nSPS) is 10.2. The number of rotatable bonds is 7. The first-order valence-corrected chi connectivity index (χ1v) is 8.37. The van der Waals surface area contributed by atoms with Crippen molar-refractivity contribution < 1.29 is 14.3 Å². The van der Waals surface area contributed by atoms with Crippen molar-refractivity contribution in [3.8, 4) is 5.75 Å². The Labute approximate surface area is 143 Å². The second-order valence-electron chi connectivity index (χ2n) is 4.82. The number of thioether (sulfide) groups is 1. The monoisotopic (exact) mass is 349 g/mol. The standard InChI is InChI=1S/C15H19N5O3S/c1-3-16-14(22)18-13(21)9-24-15-17-12(19-20-15)8-23-11-7-5-4-6-10(11)2/h4-7H,3,8-9H2,1-2H3,(H,17,19,20)(H2,16,18,21,22). The number of ether oxygens (including phenoxy) is 1. The maximum Gasteiger partial charge on any atom is 0.321 e. The zero-order valence-corrected chi connectivity index (χ0v) is 14.3. The summed E-state index contributed by atoms with van der Waals surface area (Å²) < 4.78 is 5.67. The molecule has 0 bridgehead atoms. The molecule has 1 aromatic heterocycles. The van der Waals surface area contributed by atoms with Crippen molar-refractivity contribution in [1.29, 1.82) is 0 Å². The highest BCUT2D eigenvalue weighted by atomic mass is 32.2. The number of amides is 3. The van der Waals surface area contributed by atoms with Crippen LogP contribution < -0.4 is 15.4 Å². The molecule has 3 N–H and O–H groups in total. The van der Waals surface area contributed by atoms with E-state index in [0.717, 1.165) is 23.1 Å². The third-order valence-electron chi connectivity index (χ3n) is 2.89. The second-order valence-corrected chi connectivity index (χ2v) is 5.76. The molecule has 8 nitrogen and oxygen atoms in total. The van der Waals surface area contributed by atoms with E-state index >= 15 is 0 Å². The Balaban J connectivity index is 1.78. The van der Waals surface area contributed by atoms with Crippen LogP contribution in [0.5, 0.6) is 5.75 Å². The van der Waals surface area contributed by atoms with Crippen LogP contribution in [0.25, 0.3) is 0 Å². The number of aromatic amines is 1. The summed E-state index contributed by atoms with van der Waals surface area (Å²) in [6, 6.07) is 7.18. The van der Waals surface area contributed by atoms with Crippen LogP contribution in [0.2, 0.25) is 0 Å². The lowest BCUT2D eigenvalue weighted by atomic mass is 10.2. The summed E-state index contributed by atoms with van der Waals surface area (Å²) in [5.74, 6) is 0.982. The maximum atomic E-state index is 11.6. The van der Waals surface area contributed by atoms with Crippen molar-refractivity contribution in [2.24, 2.45) is 0 Å². The number of benzene rings is 1. The van der Waals surface area contributed by atoms with Gasteiger partial charge in [-0.25, -0.2) is 9.78 Å². The van der Waals surface area contributed by atoms with Gasteiger partial charge in [-0.05, 0) is 25.5 Å². The van der Waals surface area contributed by atoms with Gasteiger partial charge in [0.25, 0.3) is 0 Å². The largest absolute Gasteiger partial charge is 0.485 e. The quantitative estimate of drug-likeness (QED) is 0.656. The van der Waals surface area contributed by atoms with Gasteiger partial charge in [-0.1, -0.05) is 30.0 Å². The Hall–Kier alpha value is -2.55. The van der Waals surface area contributed by atoms with E-state index in [9.17, 15) is 9.59 Å². The van der Waals surface area contributed by atoms with E-state index in [1.807, 2.05) is 31.2 Å². The number of H-pyrrole nitrogens is 1. The van der Waals surface area contributed by atoms with Gasteiger partial charge in [0.05, 0.1) is 5.75 Å². The molecule has 0 radical (unpaired) electrons. The summed E-state index contributed by atoms with van der Waals surface area (Å²) in [6.45, 7) is 4.44. The van der Waals surface area contributed by atoms with Gasteiger partial charge in [-0.15, -0.1) is 5.10 Å². The van der Waals surface area contributed by atoms with Crippen molar-refractivity contribution in [2.75, 3.05) is 12.3 Å². The van der Waals surface area contributed by atoms with Gasteiger partial charge in [0.15, 0.2) is 5.82 Å². The SMILES string of the molecule is CCNC(=O)NC(=O)CSc1n[nH]c(COc2ccccc2C)n1. The van der Waals surface area contributed by atoms with Gasteiger partial charge < -0.3 is 10.1 Å². The van der Waals surface area contributed by atoms with E-state index in [4.69, 9.17) is 4.74 Å². The maximum absolute atomic E-state index is 11.6. The summed E-state index contributed by atoms with van der Waals surface area (Å²) in [4.78, 5) is 27.0. The van der Waals surface area contributed by atoms with Crippen molar-refractivity contribution in [3.05, 3.63) is 35.7 Å². The summed E-state index contributed by atoms with van der Waals surface area (Å²) in [5.41, 5.74) is 1.04. The van der Waals surface area contributed by atoms with Crippen LogP contribution in [-0.4, -0.2) is 39.4 Å². The number of aromatic nitrogens is 3. The number of hydrogen-bond acceptors (Lipinski definition) is 6. The third kappa shape index (κ3) is 5.58. The van der Waals surface area contributed by atoms with Gasteiger partial charge in [-0.2, -0.15) is 0 Å². The van der Waals surface area contributed by atoms with Crippen molar-refractivity contribution in [1.82, 2.24) is 25.8 Å². The smallest absolute Gasteiger partial charge is 0.321 e. The van der Waals surface area contributed by atoms with Crippen molar-refractivity contribution in [2.45, 2.75) is 25.6 Å². The van der Waals surface area contributed by atoms with E-state index in [0.29, 0.717) is 17.5 Å². The van der Waals surface area contributed by atoms with Crippen LogP contribution in [0.15, 0.2) is 29.4 Å². The highest BCUT2D eigenvalue weighted by Crippen LogP contribution is 2.18. The van der Waals surface area contributed by atoms with Gasteiger partial charge in [-0.3, -0.25) is 15.2 Å². The molecule has 2 aromatic rings. The highest BCUT2D eigenvalue weighted by molar-refractivity contribution is 7.99. The molecule has 0 saturated heterocycles. The summed E-state index contributed by atoms with van der Waals surface area (Å²) >= 11 is 1.13. The topological polar surface area (TPSA) is 109 Å². The number of aryl methyl sites for hydroxylation is 1. The van der Waals surface area contributed by atoms with E-state index in [-0.39, 0.29) is 12.4 Å². The number of carbonyl (C=O) groups is 2. The highest BCUT2D eigenvalue weighted by Gasteiger charge is 2.10. The van der Waals surface area contributed by atoms with E-state index in [2.05, 4.69) is 25.8 Å². The predicted octanol–water partition coefficient (Wildman–Crippen LogP) is 1.63. The molecule has 0 spiro atoms. The van der Waals surface area contributed by atoms with Crippen LogP contribution in [0.4, 0.5) is 4.79 Å². The second kappa shape index (κ2) is 8.92. The molecule has 0 aliphatic carbocycles. The van der Waals surface area contributed by atoms with Crippen LogP contribution in [-0.2, 0) is 11.4 Å². The van der Waals surface area contributed by atoms with Crippen LogP contribution in [0.3, 0.4) is 0 Å². The molecule has 0 unspecified atom stereocenters. The number of carbonyl (C=O) groups excluding carboxylic acids is 2. The third-order valence-corrected chi connectivity index (χ3v) is 3.74. The van der Waals surface area contributed by atoms with Crippen LogP contribution >= 0.6 is 11.8 Å². The molecule has 3 amide bonds. The Morgan fingerprint density at radius 1 is 1.33 bits per heavy atom. The fraction of sp³-hybridized carbons (Fsp3) is 0.333. The molecule has 0 atom stereocenters. The number of nitrogens with zero attached hydrogens (tertiary/aromatic N) is 2. The van der Waals surface area contributed by atoms with Crippen LogP contribution in [0, 0.1) is 6.92 Å². The van der Waals surface area contributed by atoms with E-state index < -0.39 is 11.9 Å². The lowest BCUT2D eigenvalue weighted by Gasteiger charge is -2.06. The van der Waals surface area contributed by atoms with Crippen molar-refractivity contribution >= 4 is 23.7 Å². The van der Waals surface area contributed by atoms with Crippen LogP contribution in [0.1, 0.15) is 18.3 Å². The number of hydrogen-bond donors (Lipinski definition) is 3. The van der Waals surface area contributed by atoms with Gasteiger partial charge in [0.2, 0.25) is 11.1 Å². The molecule has 0 fully saturated rings. The summed E-state index contributed by atoms with van der Waals surface area (Å²) in [6.07, 6.45) is 0. The first-order chi connectivity index (χ1) is 11.6. The average Bonchev–Trinajstić information content (AvgIpc) is 3.00. The number of imide groups is 1. The minimum atomic E-state index is -0.509. The molecule has 0 aliphatic heterocycles. The Kier molecular flexibility index (Phi) is 6.62. The Bertz CT molecular complexity index is 704. The molecule has 2 rings (SSSR count). The first-order valence-electron chi connectivity index (χ1n) is 7.38. The summed E-state index contributed by atoms with van der Waals surface area (Å²) in [5, 5.41) is 11.9. The molecule has 1 aromatic carbocycles. The lowest BCUT2D eigenvalue weighted by molar-refractivity contribution is -0.117. The molecule has 0 saturated carbocycles. The minimum Gasteiger partial charge on any atom is -0.485 e. The summed E-state index contributed by atoms with van der Waals surface area (Å²) in [7, 11) is 0. The predicted molar refractivity (Wildman–Crippen MR) is 89.8 cm³/mol. The molecular formula is C15H19N5O3S. The van der Waals surface area contributed by atoms with Gasteiger partial charge >= 0.3 is 6.03 Å². The lowest BCUT2D eigenvalue weighted by Crippen LogP contribution is -2.40. The van der Waals surface area contributed by atoms with Gasteiger partial charge in [0, 0.05) is 6.54 Å². The molecule has 9 heteroatoms. The molecular weight excluding hydrogens is 330 g/mol. The number of para-hydroxylation sites is 1. The first kappa shape index (κ1) is 17.8. The van der Waals surface area contributed by atoms with E-state index in [1.54, 1.807) is 6.92 Å². The van der Waals surface area contributed by atoms with E-state index in [1.165, 1.54) is 0 Å². The Morgan fingerprint density at radius 3 is 2.88 bits per heavy atom. The average molecular weight is 349 g/mol. The number of nitrogens with one attached hydrogen (secondary N) is 3. The zero-order valence-electron chi connectivity index (χ0n) is 13.5. The molecule has 1 heterocycles. The molecule has 128 valence electrons. The molecule has 24 heavy (non-hydrogen) atoms. The zero-order chi connectivity index (χ0) is 17.4. The minimum absolute atomic E-state index is 0.0487. The fourth-order valence-electron chi connectivity index (χ4n) is 1.77. The Morgan fingerprint density at radius 2 is 2.12 bits per heavy atom. The molecule has 0 aliphatic rings. The van der Waals surface area contributed by atoms with Crippen molar-refractivity contribution in [3.63, 3.8) is 0 Å². The fourth-order valence-corrected chi connectivity index (χ4v) is 2.39. The number of urea groups is 1. The van der Waals surface area contributed by atoms with Gasteiger partial charge in [0.1, 0.15) is 12.4 Å².